The van der Waals surface area contributed by atoms with Gasteiger partial charge in [-0.2, -0.15) is 0 Å². The molecule has 0 spiro atoms. The Morgan fingerprint density at radius 2 is 1.73 bits per heavy atom. The van der Waals surface area contributed by atoms with Crippen LogP contribution in [-0.2, 0) is 0 Å². The minimum absolute atomic E-state index is 0.309. The van der Waals surface area contributed by atoms with E-state index < -0.39 is 0 Å². The van der Waals surface area contributed by atoms with E-state index in [-0.39, 0.29) is 0 Å². The second-order valence-corrected chi connectivity index (χ2v) is 8.32. The van der Waals surface area contributed by atoms with E-state index in [9.17, 15) is 0 Å². The molecular formula is C22H26BN7. The number of H-pyrrole nitrogens is 1. The van der Waals surface area contributed by atoms with Crippen LogP contribution in [0.4, 0.5) is 5.95 Å². The summed E-state index contributed by atoms with van der Waals surface area (Å²) in [6.45, 7) is 2.86. The number of rotatable bonds is 5. The van der Waals surface area contributed by atoms with E-state index >= 15 is 0 Å². The van der Waals surface area contributed by atoms with Gasteiger partial charge in [0, 0.05) is 30.5 Å². The normalized spacial score (nSPS) is 22.6. The number of benzene rings is 1. The number of imidazole rings is 1. The fraction of sp³-hybridized carbons (Fsp3) is 0.409. The van der Waals surface area contributed by atoms with E-state index in [0.29, 0.717) is 18.0 Å². The lowest BCUT2D eigenvalue weighted by atomic mass is 10.1. The molecule has 2 fully saturated rings. The molecule has 3 aromatic rings. The number of anilines is 1. The van der Waals surface area contributed by atoms with Crippen molar-refractivity contribution in [3.05, 3.63) is 48.7 Å². The van der Waals surface area contributed by atoms with E-state index in [4.69, 9.17) is 7.98 Å². The fourth-order valence-electron chi connectivity index (χ4n) is 4.39. The molecule has 2 N–H and O–H groups in total. The average Bonchev–Trinajstić information content (AvgIpc) is 3.50. The van der Waals surface area contributed by atoms with Crippen molar-refractivity contribution < 1.29 is 0 Å². The van der Waals surface area contributed by atoms with Crippen LogP contribution in [0.15, 0.2) is 42.9 Å². The molecule has 2 aliphatic rings. The van der Waals surface area contributed by atoms with Gasteiger partial charge in [-0.1, -0.05) is 24.3 Å². The number of nitrogens with zero attached hydrogens (tertiary/aromatic N) is 5. The summed E-state index contributed by atoms with van der Waals surface area (Å²) in [7, 11) is 7.98. The van der Waals surface area contributed by atoms with Crippen LogP contribution in [0.3, 0.4) is 0 Å². The summed E-state index contributed by atoms with van der Waals surface area (Å²) in [4.78, 5) is 21.3. The van der Waals surface area contributed by atoms with Crippen LogP contribution in [0.2, 0.25) is 0 Å². The van der Waals surface area contributed by atoms with Gasteiger partial charge in [-0.3, -0.25) is 4.90 Å². The Balaban J connectivity index is 1.26. The van der Waals surface area contributed by atoms with Gasteiger partial charge in [-0.05, 0) is 50.5 Å². The number of nitrogens with one attached hydrogen (secondary N) is 2. The van der Waals surface area contributed by atoms with Gasteiger partial charge in [-0.15, -0.1) is 0 Å². The van der Waals surface area contributed by atoms with Crippen LogP contribution in [-0.4, -0.2) is 70.4 Å². The Morgan fingerprint density at radius 3 is 2.40 bits per heavy atom. The Bertz CT molecular complexity index is 985. The predicted molar refractivity (Wildman–Crippen MR) is 119 cm³/mol. The van der Waals surface area contributed by atoms with Crippen molar-refractivity contribution in [3.63, 3.8) is 0 Å². The highest BCUT2D eigenvalue weighted by Gasteiger charge is 2.25. The number of likely N-dealkylation sites (tertiary alicyclic amines) is 1. The second-order valence-electron chi connectivity index (χ2n) is 8.32. The Hall–Kier alpha value is -2.71. The molecule has 5 rings (SSSR count). The average molecular weight is 399 g/mol. The minimum atomic E-state index is 0.309. The topological polar surface area (TPSA) is 73.0 Å². The van der Waals surface area contributed by atoms with E-state index in [1.54, 1.807) is 0 Å². The molecule has 1 unspecified atom stereocenters. The third-order valence-electron chi connectivity index (χ3n) is 6.17. The first-order valence-electron chi connectivity index (χ1n) is 10.6. The van der Waals surface area contributed by atoms with Crippen molar-refractivity contribution in [1.29, 1.82) is 0 Å². The lowest BCUT2D eigenvalue weighted by Crippen LogP contribution is -2.25. The minimum Gasteiger partial charge on any atom is -0.352 e. The van der Waals surface area contributed by atoms with E-state index in [1.165, 1.54) is 12.8 Å². The quantitative estimate of drug-likeness (QED) is 0.643. The maximum absolute atomic E-state index is 5.82. The third-order valence-corrected chi connectivity index (χ3v) is 6.17. The number of hydrogen-bond acceptors (Lipinski definition) is 6. The highest BCUT2D eigenvalue weighted by molar-refractivity contribution is 6.04. The molecule has 2 atom stereocenters. The fourth-order valence-corrected chi connectivity index (χ4v) is 4.39. The predicted octanol–water partition coefficient (Wildman–Crippen LogP) is 2.87. The number of aromatic amines is 1. The van der Waals surface area contributed by atoms with Crippen molar-refractivity contribution in [2.24, 2.45) is 0 Å². The van der Waals surface area contributed by atoms with Crippen LogP contribution in [0.5, 0.6) is 0 Å². The molecule has 2 radical (unpaired) electrons. The summed E-state index contributed by atoms with van der Waals surface area (Å²) >= 11 is 0. The first-order valence-corrected chi connectivity index (χ1v) is 10.6. The first kappa shape index (κ1) is 19.3. The van der Waals surface area contributed by atoms with Crippen molar-refractivity contribution >= 4 is 13.9 Å². The van der Waals surface area contributed by atoms with Crippen molar-refractivity contribution in [2.45, 2.75) is 31.3 Å². The molecule has 0 aliphatic carbocycles. The highest BCUT2D eigenvalue weighted by Crippen LogP contribution is 2.30. The zero-order valence-corrected chi connectivity index (χ0v) is 17.3. The molecule has 0 saturated carbocycles. The molecule has 1 aromatic carbocycles. The molecule has 2 aromatic heterocycles. The summed E-state index contributed by atoms with van der Waals surface area (Å²) < 4.78 is 0. The smallest absolute Gasteiger partial charge is 0.222 e. The Morgan fingerprint density at radius 1 is 0.967 bits per heavy atom. The summed E-state index contributed by atoms with van der Waals surface area (Å²) in [5, 5.41) is 3.35. The van der Waals surface area contributed by atoms with Crippen molar-refractivity contribution in [1.82, 2.24) is 29.6 Å². The standard InChI is InChI=1S/C22H26BN7/c1-29-9-2-3-20(29)21-24-13-19(28-21)16-6-4-15(5-7-16)17-11-25-22(26-12-17)27-18-8-10-30(23)14-18/h4-7,11-13,18,20H,2-3,8-10,14H2,1H3,(H,24,28)(H,25,26,27)/t18?,20-/m0/s1. The zero-order valence-electron chi connectivity index (χ0n) is 17.3. The highest BCUT2D eigenvalue weighted by atomic mass is 15.2. The van der Waals surface area contributed by atoms with Crippen LogP contribution >= 0.6 is 0 Å². The molecule has 0 amide bonds. The van der Waals surface area contributed by atoms with Crippen LogP contribution in [0.1, 0.15) is 31.1 Å². The summed E-state index contributed by atoms with van der Waals surface area (Å²) in [5.41, 5.74) is 4.27. The molecule has 7 nitrogen and oxygen atoms in total. The zero-order chi connectivity index (χ0) is 20.5. The van der Waals surface area contributed by atoms with Gasteiger partial charge in [0.15, 0.2) is 7.98 Å². The Labute approximate surface area is 178 Å². The van der Waals surface area contributed by atoms with E-state index in [2.05, 4.69) is 61.5 Å². The van der Waals surface area contributed by atoms with Gasteiger partial charge >= 0.3 is 0 Å². The van der Waals surface area contributed by atoms with E-state index in [0.717, 1.165) is 54.3 Å². The largest absolute Gasteiger partial charge is 0.352 e. The molecule has 2 aliphatic heterocycles. The molecular weight excluding hydrogens is 373 g/mol. The molecule has 8 heteroatoms. The monoisotopic (exact) mass is 399 g/mol. The van der Waals surface area contributed by atoms with Crippen LogP contribution in [0, 0.1) is 0 Å². The maximum Gasteiger partial charge on any atom is 0.222 e. The van der Waals surface area contributed by atoms with Gasteiger partial charge in [0.25, 0.3) is 0 Å². The lowest BCUT2D eigenvalue weighted by Gasteiger charge is -2.16. The van der Waals surface area contributed by atoms with Gasteiger partial charge in [-0.25, -0.2) is 15.0 Å². The van der Waals surface area contributed by atoms with Gasteiger partial charge in [0.05, 0.1) is 17.9 Å². The maximum atomic E-state index is 5.82. The molecule has 152 valence electrons. The summed E-state index contributed by atoms with van der Waals surface area (Å²) in [6, 6.07) is 9.15. The summed E-state index contributed by atoms with van der Waals surface area (Å²) in [6.07, 6.45) is 9.07. The van der Waals surface area contributed by atoms with Gasteiger partial charge in [0.2, 0.25) is 5.95 Å². The Kier molecular flexibility index (Phi) is 5.27. The number of hydrogen-bond donors (Lipinski definition) is 2. The molecule has 2 saturated heterocycles. The molecule has 0 bridgehead atoms. The summed E-state index contributed by atoms with van der Waals surface area (Å²) in [5.74, 6) is 1.71. The number of aromatic nitrogens is 4. The second kappa shape index (κ2) is 8.20. The van der Waals surface area contributed by atoms with Crippen molar-refractivity contribution in [2.75, 3.05) is 32.0 Å². The van der Waals surface area contributed by atoms with Crippen LogP contribution in [0.25, 0.3) is 22.4 Å². The van der Waals surface area contributed by atoms with Crippen molar-refractivity contribution in [3.8, 4) is 22.4 Å². The van der Waals surface area contributed by atoms with Gasteiger partial charge in [0.1, 0.15) is 5.82 Å². The van der Waals surface area contributed by atoms with Crippen LogP contribution < -0.4 is 5.32 Å². The molecule has 4 heterocycles. The third kappa shape index (κ3) is 3.97. The lowest BCUT2D eigenvalue weighted by molar-refractivity contribution is 0.307. The van der Waals surface area contributed by atoms with Gasteiger partial charge < -0.3 is 15.1 Å². The first-order chi connectivity index (χ1) is 14.7. The molecule has 30 heavy (non-hydrogen) atoms. The van der Waals surface area contributed by atoms with E-state index in [1.807, 2.05) is 23.4 Å². The SMILES string of the molecule is [B]N1CCC(Nc2ncc(-c3ccc(-c4cnc([C@@H]5CCCN5C)[nH]4)cc3)cn2)C1.